The molecule has 0 spiro atoms. The molecule has 0 aliphatic rings. The Kier molecular flexibility index (Phi) is 8.88. The van der Waals surface area contributed by atoms with Gasteiger partial charge < -0.3 is 14.6 Å². The third-order valence-electron chi connectivity index (χ3n) is 6.29. The third kappa shape index (κ3) is 6.82. The van der Waals surface area contributed by atoms with E-state index in [0.717, 1.165) is 26.9 Å². The minimum absolute atomic E-state index is 0.0490. The number of para-hydroxylation sites is 1. The lowest BCUT2D eigenvalue weighted by atomic mass is 10.2. The van der Waals surface area contributed by atoms with Gasteiger partial charge in [-0.1, -0.05) is 18.2 Å². The van der Waals surface area contributed by atoms with E-state index in [1.54, 1.807) is 24.3 Å². The SMILES string of the molecule is COc1ccc(N(CC(=O)N/N=C/c2cc(C)n(-c3ccccc3)c2C)S(=O)(=O)c2ccc(NC(C)=O)cc2)cc1. The number of nitrogens with zero attached hydrogens (tertiary/aromatic N) is 3. The Hall–Kier alpha value is -4.90. The van der Waals surface area contributed by atoms with Gasteiger partial charge in [-0.15, -0.1) is 0 Å². The van der Waals surface area contributed by atoms with Crippen molar-refractivity contribution in [3.63, 3.8) is 0 Å². The lowest BCUT2D eigenvalue weighted by Gasteiger charge is -2.24. The zero-order chi connectivity index (χ0) is 29.6. The monoisotopic (exact) mass is 573 g/mol. The Labute approximate surface area is 239 Å². The summed E-state index contributed by atoms with van der Waals surface area (Å²) in [5.41, 5.74) is 6.93. The lowest BCUT2D eigenvalue weighted by molar-refractivity contribution is -0.119. The van der Waals surface area contributed by atoms with Gasteiger partial charge in [0.15, 0.2) is 0 Å². The average Bonchev–Trinajstić information content (AvgIpc) is 3.24. The van der Waals surface area contributed by atoms with Gasteiger partial charge >= 0.3 is 0 Å². The van der Waals surface area contributed by atoms with Crippen molar-refractivity contribution in [2.75, 3.05) is 23.3 Å². The number of aromatic nitrogens is 1. The molecule has 0 aliphatic carbocycles. The molecule has 0 radical (unpaired) electrons. The standard InChI is InChI=1S/C30H31N5O5S/c1-21-18-24(22(2)35(21)27-8-6-5-7-9-27)19-31-33-30(37)20-34(26-12-14-28(40-4)15-13-26)41(38,39)29-16-10-25(11-17-29)32-23(3)36/h5-19H,20H2,1-4H3,(H,32,36)(H,33,37)/b31-19+. The number of carbonyl (C=O) groups excluding carboxylic acids is 2. The molecule has 10 nitrogen and oxygen atoms in total. The van der Waals surface area contributed by atoms with Crippen LogP contribution in [0.15, 0.2) is 94.9 Å². The number of hydrogen-bond acceptors (Lipinski definition) is 6. The van der Waals surface area contributed by atoms with E-state index in [9.17, 15) is 18.0 Å². The molecule has 0 bridgehead atoms. The minimum atomic E-state index is -4.17. The molecule has 3 aromatic carbocycles. The predicted molar refractivity (Wildman–Crippen MR) is 159 cm³/mol. The normalized spacial score (nSPS) is 11.3. The Balaban J connectivity index is 1.56. The van der Waals surface area contributed by atoms with Gasteiger partial charge in [0.1, 0.15) is 12.3 Å². The van der Waals surface area contributed by atoms with Crippen LogP contribution < -0.4 is 19.8 Å². The molecule has 0 fully saturated rings. The van der Waals surface area contributed by atoms with E-state index in [1.807, 2.05) is 50.2 Å². The molecule has 4 rings (SSSR count). The molecule has 0 saturated carbocycles. The van der Waals surface area contributed by atoms with Gasteiger partial charge in [-0.25, -0.2) is 13.8 Å². The zero-order valence-corrected chi connectivity index (χ0v) is 24.0. The fourth-order valence-corrected chi connectivity index (χ4v) is 5.76. The molecule has 1 aromatic heterocycles. The van der Waals surface area contributed by atoms with Crippen molar-refractivity contribution in [3.05, 3.63) is 102 Å². The summed E-state index contributed by atoms with van der Waals surface area (Å²) in [7, 11) is -2.66. The summed E-state index contributed by atoms with van der Waals surface area (Å²) in [5, 5.41) is 6.70. The number of nitrogens with one attached hydrogen (secondary N) is 2. The first-order valence-corrected chi connectivity index (χ1v) is 14.1. The predicted octanol–water partition coefficient (Wildman–Crippen LogP) is 4.41. The molecule has 0 saturated heterocycles. The fourth-order valence-electron chi connectivity index (χ4n) is 4.34. The second-order valence-corrected chi connectivity index (χ2v) is 11.1. The van der Waals surface area contributed by atoms with Gasteiger partial charge in [0.05, 0.1) is 23.9 Å². The van der Waals surface area contributed by atoms with Crippen LogP contribution in [0.5, 0.6) is 5.75 Å². The quantitative estimate of drug-likeness (QED) is 0.215. The smallest absolute Gasteiger partial charge is 0.264 e. The number of ether oxygens (including phenoxy) is 1. The summed E-state index contributed by atoms with van der Waals surface area (Å²) >= 11 is 0. The first-order chi connectivity index (χ1) is 19.6. The topological polar surface area (TPSA) is 122 Å². The molecule has 41 heavy (non-hydrogen) atoms. The fraction of sp³-hybridized carbons (Fsp3) is 0.167. The molecule has 11 heteroatoms. The van der Waals surface area contributed by atoms with Crippen molar-refractivity contribution >= 4 is 39.4 Å². The van der Waals surface area contributed by atoms with E-state index < -0.39 is 22.5 Å². The first kappa shape index (κ1) is 29.1. The van der Waals surface area contributed by atoms with Gasteiger partial charge in [0, 0.05) is 35.2 Å². The average molecular weight is 574 g/mol. The number of amides is 2. The Bertz CT molecular complexity index is 1660. The van der Waals surface area contributed by atoms with Crippen molar-refractivity contribution in [3.8, 4) is 11.4 Å². The first-order valence-electron chi connectivity index (χ1n) is 12.7. The summed E-state index contributed by atoms with van der Waals surface area (Å²) in [4.78, 5) is 24.2. The Morgan fingerprint density at radius 2 is 1.63 bits per heavy atom. The van der Waals surface area contributed by atoms with Gasteiger partial charge in [0.25, 0.3) is 15.9 Å². The Morgan fingerprint density at radius 1 is 0.976 bits per heavy atom. The number of benzene rings is 3. The molecular formula is C30H31N5O5S. The maximum atomic E-state index is 13.7. The van der Waals surface area contributed by atoms with E-state index in [0.29, 0.717) is 11.4 Å². The van der Waals surface area contributed by atoms with Crippen LogP contribution in [0.3, 0.4) is 0 Å². The van der Waals surface area contributed by atoms with Gasteiger partial charge in [-0.05, 0) is 80.6 Å². The molecule has 2 amide bonds. The van der Waals surface area contributed by atoms with Gasteiger partial charge in [-0.2, -0.15) is 5.10 Å². The lowest BCUT2D eigenvalue weighted by Crippen LogP contribution is -2.39. The second-order valence-electron chi connectivity index (χ2n) is 9.21. The van der Waals surface area contributed by atoms with Crippen LogP contribution in [-0.2, 0) is 19.6 Å². The highest BCUT2D eigenvalue weighted by molar-refractivity contribution is 7.92. The molecule has 212 valence electrons. The van der Waals surface area contributed by atoms with Crippen molar-refractivity contribution < 1.29 is 22.7 Å². The van der Waals surface area contributed by atoms with E-state index in [4.69, 9.17) is 4.74 Å². The molecule has 2 N–H and O–H groups in total. The highest BCUT2D eigenvalue weighted by Gasteiger charge is 2.27. The molecule has 0 atom stereocenters. The second kappa shape index (κ2) is 12.5. The summed E-state index contributed by atoms with van der Waals surface area (Å²) in [6.45, 7) is 4.77. The number of rotatable bonds is 10. The van der Waals surface area contributed by atoms with E-state index in [2.05, 4.69) is 20.4 Å². The number of hydrazone groups is 1. The van der Waals surface area contributed by atoms with Gasteiger partial charge in [0.2, 0.25) is 5.91 Å². The summed E-state index contributed by atoms with van der Waals surface area (Å²) in [6.07, 6.45) is 1.53. The summed E-state index contributed by atoms with van der Waals surface area (Å²) in [6, 6.07) is 23.9. The van der Waals surface area contributed by atoms with Crippen LogP contribution in [0, 0.1) is 13.8 Å². The van der Waals surface area contributed by atoms with Crippen molar-refractivity contribution in [1.82, 2.24) is 9.99 Å². The van der Waals surface area contributed by atoms with E-state index in [-0.39, 0.29) is 16.5 Å². The molecule has 1 heterocycles. The van der Waals surface area contributed by atoms with Gasteiger partial charge in [-0.3, -0.25) is 13.9 Å². The number of anilines is 2. The zero-order valence-electron chi connectivity index (χ0n) is 23.2. The number of sulfonamides is 1. The summed E-state index contributed by atoms with van der Waals surface area (Å²) in [5.74, 6) is -0.375. The van der Waals surface area contributed by atoms with Crippen LogP contribution >= 0.6 is 0 Å². The van der Waals surface area contributed by atoms with E-state index in [1.165, 1.54) is 44.5 Å². The highest BCUT2D eigenvalue weighted by atomic mass is 32.2. The van der Waals surface area contributed by atoms with Crippen molar-refractivity contribution in [2.45, 2.75) is 25.7 Å². The maximum absolute atomic E-state index is 13.7. The van der Waals surface area contributed by atoms with Crippen molar-refractivity contribution in [2.24, 2.45) is 5.10 Å². The molecule has 0 aliphatic heterocycles. The minimum Gasteiger partial charge on any atom is -0.497 e. The highest BCUT2D eigenvalue weighted by Crippen LogP contribution is 2.26. The van der Waals surface area contributed by atoms with Crippen LogP contribution in [0.25, 0.3) is 5.69 Å². The van der Waals surface area contributed by atoms with Crippen LogP contribution in [0.4, 0.5) is 11.4 Å². The number of hydrogen-bond donors (Lipinski definition) is 2. The number of aryl methyl sites for hydroxylation is 1. The third-order valence-corrected chi connectivity index (χ3v) is 8.08. The molecule has 4 aromatic rings. The maximum Gasteiger partial charge on any atom is 0.264 e. The number of methoxy groups -OCH3 is 1. The van der Waals surface area contributed by atoms with Crippen LogP contribution in [0.1, 0.15) is 23.9 Å². The van der Waals surface area contributed by atoms with Crippen LogP contribution in [-0.4, -0.2) is 44.7 Å². The molecular weight excluding hydrogens is 542 g/mol. The van der Waals surface area contributed by atoms with E-state index >= 15 is 0 Å². The van der Waals surface area contributed by atoms with Crippen molar-refractivity contribution in [1.29, 1.82) is 0 Å². The summed E-state index contributed by atoms with van der Waals surface area (Å²) < 4.78 is 35.6. The largest absolute Gasteiger partial charge is 0.497 e. The molecule has 0 unspecified atom stereocenters. The Morgan fingerprint density at radius 3 is 2.24 bits per heavy atom. The number of carbonyl (C=O) groups is 2. The van der Waals surface area contributed by atoms with Crippen LogP contribution in [0.2, 0.25) is 0 Å².